The second-order valence-electron chi connectivity index (χ2n) is 6.29. The number of hydrogen-bond acceptors (Lipinski definition) is 4. The molecule has 0 aromatic carbocycles. The molecule has 2 rings (SSSR count). The summed E-state index contributed by atoms with van der Waals surface area (Å²) >= 11 is 0. The molecule has 1 aromatic heterocycles. The maximum atomic E-state index is 12.7. The lowest BCUT2D eigenvalue weighted by atomic mass is 10.0. The molecule has 1 amide bonds. The average Bonchev–Trinajstić information content (AvgIpc) is 2.61. The van der Waals surface area contributed by atoms with Crippen molar-refractivity contribution < 1.29 is 4.79 Å². The van der Waals surface area contributed by atoms with Crippen LogP contribution >= 0.6 is 0 Å². The summed E-state index contributed by atoms with van der Waals surface area (Å²) in [6.45, 7) is 8.97. The van der Waals surface area contributed by atoms with Gasteiger partial charge in [0.15, 0.2) is 0 Å². The second-order valence-corrected chi connectivity index (χ2v) is 6.29. The molecule has 0 spiro atoms. The Labute approximate surface area is 140 Å². The number of piperidine rings is 1. The standard InChI is InChI=1S/C18H30N4O/c1-4-12-21(13-5-2)17(23)16-10-11-19-18(20-16)22-14-8-7-9-15(22)6-3/h10-11,15H,4-9,12-14H2,1-3H3. The first-order valence-corrected chi connectivity index (χ1v) is 9.10. The largest absolute Gasteiger partial charge is 0.338 e. The topological polar surface area (TPSA) is 49.3 Å². The van der Waals surface area contributed by atoms with Crippen LogP contribution in [0.4, 0.5) is 5.95 Å². The van der Waals surface area contributed by atoms with Crippen molar-refractivity contribution in [2.45, 2.75) is 65.3 Å². The zero-order valence-corrected chi connectivity index (χ0v) is 14.8. The van der Waals surface area contributed by atoms with Crippen LogP contribution in [0.15, 0.2) is 12.3 Å². The lowest BCUT2D eigenvalue weighted by Crippen LogP contribution is -2.40. The first-order chi connectivity index (χ1) is 11.2. The second kappa shape index (κ2) is 8.85. The fourth-order valence-corrected chi connectivity index (χ4v) is 3.31. The zero-order chi connectivity index (χ0) is 16.7. The molecule has 1 atom stereocenters. The quantitative estimate of drug-likeness (QED) is 0.772. The van der Waals surface area contributed by atoms with Gasteiger partial charge in [-0.25, -0.2) is 9.97 Å². The Balaban J connectivity index is 2.19. The summed E-state index contributed by atoms with van der Waals surface area (Å²) in [6.07, 6.45) is 8.40. The van der Waals surface area contributed by atoms with Gasteiger partial charge in [-0.05, 0) is 44.6 Å². The lowest BCUT2D eigenvalue weighted by Gasteiger charge is -2.35. The third-order valence-electron chi connectivity index (χ3n) is 4.49. The summed E-state index contributed by atoms with van der Waals surface area (Å²) < 4.78 is 0. The Morgan fingerprint density at radius 3 is 2.65 bits per heavy atom. The van der Waals surface area contributed by atoms with Crippen LogP contribution < -0.4 is 4.90 Å². The van der Waals surface area contributed by atoms with Gasteiger partial charge in [0.2, 0.25) is 5.95 Å². The fourth-order valence-electron chi connectivity index (χ4n) is 3.31. The van der Waals surface area contributed by atoms with Crippen molar-refractivity contribution in [2.24, 2.45) is 0 Å². The monoisotopic (exact) mass is 318 g/mol. The summed E-state index contributed by atoms with van der Waals surface area (Å²) in [4.78, 5) is 26.0. The highest BCUT2D eigenvalue weighted by atomic mass is 16.2. The molecule has 128 valence electrons. The maximum Gasteiger partial charge on any atom is 0.272 e. The first-order valence-electron chi connectivity index (χ1n) is 9.10. The molecule has 1 saturated heterocycles. The summed E-state index contributed by atoms with van der Waals surface area (Å²) in [6, 6.07) is 2.24. The molecule has 0 radical (unpaired) electrons. The Morgan fingerprint density at radius 1 is 1.26 bits per heavy atom. The fraction of sp³-hybridized carbons (Fsp3) is 0.722. The molecule has 1 aliphatic heterocycles. The Hall–Kier alpha value is -1.65. The first kappa shape index (κ1) is 17.7. The van der Waals surface area contributed by atoms with Gasteiger partial charge < -0.3 is 9.80 Å². The molecular weight excluding hydrogens is 288 g/mol. The molecule has 1 unspecified atom stereocenters. The summed E-state index contributed by atoms with van der Waals surface area (Å²) in [5, 5.41) is 0. The molecule has 0 N–H and O–H groups in total. The van der Waals surface area contributed by atoms with Crippen molar-refractivity contribution in [3.05, 3.63) is 18.0 Å². The predicted octanol–water partition coefficient (Wildman–Crippen LogP) is 3.51. The number of amides is 1. The van der Waals surface area contributed by atoms with Gasteiger partial charge in [-0.1, -0.05) is 20.8 Å². The minimum absolute atomic E-state index is 0.0300. The average molecular weight is 318 g/mol. The number of carbonyl (C=O) groups is 1. The van der Waals surface area contributed by atoms with Gasteiger partial charge in [-0.15, -0.1) is 0 Å². The molecule has 1 aliphatic rings. The van der Waals surface area contributed by atoms with Crippen LogP contribution in [0.25, 0.3) is 0 Å². The molecule has 1 fully saturated rings. The van der Waals surface area contributed by atoms with Gasteiger partial charge in [-0.3, -0.25) is 4.79 Å². The molecule has 5 heteroatoms. The third-order valence-corrected chi connectivity index (χ3v) is 4.49. The highest BCUT2D eigenvalue weighted by Gasteiger charge is 2.24. The SMILES string of the molecule is CCCN(CCC)C(=O)c1ccnc(N2CCCCC2CC)n1. The van der Waals surface area contributed by atoms with Crippen molar-refractivity contribution in [3.63, 3.8) is 0 Å². The number of carbonyl (C=O) groups excluding carboxylic acids is 1. The highest BCUT2D eigenvalue weighted by molar-refractivity contribution is 5.92. The van der Waals surface area contributed by atoms with E-state index in [0.29, 0.717) is 11.7 Å². The van der Waals surface area contributed by atoms with Crippen LogP contribution in [-0.4, -0.2) is 46.5 Å². The smallest absolute Gasteiger partial charge is 0.272 e. The van der Waals surface area contributed by atoms with Crippen LogP contribution in [0.2, 0.25) is 0 Å². The number of nitrogens with zero attached hydrogens (tertiary/aromatic N) is 4. The third kappa shape index (κ3) is 4.43. The van der Waals surface area contributed by atoms with E-state index >= 15 is 0 Å². The molecule has 0 bridgehead atoms. The predicted molar refractivity (Wildman–Crippen MR) is 93.8 cm³/mol. The Bertz CT molecular complexity index is 500. The number of hydrogen-bond donors (Lipinski definition) is 0. The number of rotatable bonds is 7. The van der Waals surface area contributed by atoms with Gasteiger partial charge in [0, 0.05) is 31.9 Å². The molecule has 5 nitrogen and oxygen atoms in total. The van der Waals surface area contributed by atoms with E-state index in [2.05, 4.69) is 35.6 Å². The van der Waals surface area contributed by atoms with Gasteiger partial charge in [0.25, 0.3) is 5.91 Å². The van der Waals surface area contributed by atoms with Crippen molar-refractivity contribution in [1.29, 1.82) is 0 Å². The van der Waals surface area contributed by atoms with Gasteiger partial charge in [-0.2, -0.15) is 0 Å². The van der Waals surface area contributed by atoms with E-state index in [-0.39, 0.29) is 5.91 Å². The van der Waals surface area contributed by atoms with Crippen LogP contribution in [0, 0.1) is 0 Å². The van der Waals surface area contributed by atoms with E-state index in [4.69, 9.17) is 0 Å². The summed E-state index contributed by atoms with van der Waals surface area (Å²) in [5.74, 6) is 0.748. The minimum Gasteiger partial charge on any atom is -0.338 e. The molecule has 23 heavy (non-hydrogen) atoms. The molecular formula is C18H30N4O. The van der Waals surface area contributed by atoms with E-state index in [0.717, 1.165) is 44.8 Å². The Kier molecular flexibility index (Phi) is 6.81. The van der Waals surface area contributed by atoms with Gasteiger partial charge >= 0.3 is 0 Å². The van der Waals surface area contributed by atoms with Crippen LogP contribution in [-0.2, 0) is 0 Å². The number of aromatic nitrogens is 2. The van der Waals surface area contributed by atoms with Crippen molar-refractivity contribution in [3.8, 4) is 0 Å². The van der Waals surface area contributed by atoms with Gasteiger partial charge in [0.1, 0.15) is 5.69 Å². The maximum absolute atomic E-state index is 12.7. The van der Waals surface area contributed by atoms with Crippen LogP contribution in [0.1, 0.15) is 69.8 Å². The van der Waals surface area contributed by atoms with E-state index < -0.39 is 0 Å². The van der Waals surface area contributed by atoms with Gasteiger partial charge in [0.05, 0.1) is 0 Å². The minimum atomic E-state index is 0.0300. The van der Waals surface area contributed by atoms with E-state index in [1.54, 1.807) is 12.3 Å². The van der Waals surface area contributed by atoms with E-state index in [9.17, 15) is 4.79 Å². The molecule has 0 saturated carbocycles. The molecule has 2 heterocycles. The van der Waals surface area contributed by atoms with Crippen LogP contribution in [0.5, 0.6) is 0 Å². The van der Waals surface area contributed by atoms with Crippen molar-refractivity contribution in [1.82, 2.24) is 14.9 Å². The van der Waals surface area contributed by atoms with Crippen molar-refractivity contribution >= 4 is 11.9 Å². The van der Waals surface area contributed by atoms with E-state index in [1.807, 2.05) is 4.90 Å². The zero-order valence-electron chi connectivity index (χ0n) is 14.8. The Morgan fingerprint density at radius 2 is 2.00 bits per heavy atom. The normalized spacial score (nSPS) is 18.0. The number of anilines is 1. The van der Waals surface area contributed by atoms with Crippen molar-refractivity contribution in [2.75, 3.05) is 24.5 Å². The van der Waals surface area contributed by atoms with E-state index in [1.165, 1.54) is 19.3 Å². The molecule has 1 aromatic rings. The molecule has 0 aliphatic carbocycles. The lowest BCUT2D eigenvalue weighted by molar-refractivity contribution is 0.0749. The highest BCUT2D eigenvalue weighted by Crippen LogP contribution is 2.23. The summed E-state index contributed by atoms with van der Waals surface area (Å²) in [5.41, 5.74) is 0.525. The summed E-state index contributed by atoms with van der Waals surface area (Å²) in [7, 11) is 0. The van der Waals surface area contributed by atoms with Crippen LogP contribution in [0.3, 0.4) is 0 Å².